The molecule has 3 N–H and O–H groups in total. The van der Waals surface area contributed by atoms with Gasteiger partial charge in [0.25, 0.3) is 5.56 Å². The van der Waals surface area contributed by atoms with Gasteiger partial charge in [-0.15, -0.1) is 0 Å². The average molecular weight is 229 g/mol. The molecule has 0 amide bonds. The van der Waals surface area contributed by atoms with Crippen LogP contribution in [0.4, 0.5) is 0 Å². The number of aliphatic hydroxyl groups excluding tert-OH is 2. The van der Waals surface area contributed by atoms with Crippen LogP contribution in [0.2, 0.25) is 0 Å². The first kappa shape index (κ1) is 11.0. The minimum absolute atomic E-state index is 0.143. The predicted octanol–water partition coefficient (Wildman–Crippen LogP) is -2.43. The van der Waals surface area contributed by atoms with E-state index in [1.807, 2.05) is 4.98 Å². The highest BCUT2D eigenvalue weighted by Crippen LogP contribution is 2.26. The number of hydrogen-bond donors (Lipinski definition) is 3. The Morgan fingerprint density at radius 2 is 2.38 bits per heavy atom. The van der Waals surface area contributed by atoms with Crippen LogP contribution in [0.25, 0.3) is 0 Å². The van der Waals surface area contributed by atoms with Crippen molar-refractivity contribution in [3.63, 3.8) is 0 Å². The smallest absolute Gasteiger partial charge is 0.347 e. The number of rotatable bonds is 2. The summed E-state index contributed by atoms with van der Waals surface area (Å²) in [6.07, 6.45) is -1.26. The lowest BCUT2D eigenvalue weighted by Gasteiger charge is -2.12. The van der Waals surface area contributed by atoms with E-state index in [2.05, 4.69) is 5.10 Å². The molecule has 1 aromatic rings. The second-order valence-electron chi connectivity index (χ2n) is 3.50. The Labute approximate surface area is 89.1 Å². The summed E-state index contributed by atoms with van der Waals surface area (Å²) in [5.74, 6) is 0. The Balaban J connectivity index is 2.27. The molecule has 1 aliphatic rings. The molecule has 0 aromatic carbocycles. The molecule has 1 fully saturated rings. The average Bonchev–Trinajstić information content (AvgIpc) is 2.59. The molecule has 16 heavy (non-hydrogen) atoms. The normalized spacial score (nSPS) is 29.5. The van der Waals surface area contributed by atoms with Crippen LogP contribution in [0.1, 0.15) is 12.6 Å². The molecule has 0 spiro atoms. The molecule has 1 saturated heterocycles. The molecule has 88 valence electrons. The third-order valence-electron chi connectivity index (χ3n) is 2.39. The Morgan fingerprint density at radius 1 is 1.62 bits per heavy atom. The molecule has 2 rings (SSSR count). The van der Waals surface area contributed by atoms with E-state index in [1.165, 1.54) is 0 Å². The molecule has 0 bridgehead atoms. The molecule has 2 heterocycles. The van der Waals surface area contributed by atoms with Gasteiger partial charge < -0.3 is 14.9 Å². The molecule has 8 nitrogen and oxygen atoms in total. The fourth-order valence-corrected chi connectivity index (χ4v) is 1.60. The number of aliphatic hydroxyl groups is 2. The zero-order valence-corrected chi connectivity index (χ0v) is 8.24. The summed E-state index contributed by atoms with van der Waals surface area (Å²) < 4.78 is 6.14. The van der Waals surface area contributed by atoms with Crippen LogP contribution in [0, 0.1) is 0 Å². The first-order chi connectivity index (χ1) is 7.61. The lowest BCUT2D eigenvalue weighted by molar-refractivity contribution is -0.0506. The fraction of sp³-hybridized carbons (Fsp3) is 0.625. The number of nitrogens with zero attached hydrogens (tertiary/aromatic N) is 2. The van der Waals surface area contributed by atoms with E-state index in [-0.39, 0.29) is 13.0 Å². The van der Waals surface area contributed by atoms with E-state index < -0.39 is 29.7 Å². The first-order valence-electron chi connectivity index (χ1n) is 4.74. The third kappa shape index (κ3) is 1.90. The lowest BCUT2D eigenvalue weighted by Crippen LogP contribution is -2.34. The quantitative estimate of drug-likeness (QED) is 0.519. The van der Waals surface area contributed by atoms with Crippen LogP contribution in [-0.2, 0) is 4.74 Å². The maximum absolute atomic E-state index is 11.3. The van der Waals surface area contributed by atoms with Gasteiger partial charge in [-0.3, -0.25) is 9.78 Å². The predicted molar refractivity (Wildman–Crippen MR) is 50.7 cm³/mol. The summed E-state index contributed by atoms with van der Waals surface area (Å²) in [5, 5.41) is 21.9. The third-order valence-corrected chi connectivity index (χ3v) is 2.39. The summed E-state index contributed by atoms with van der Waals surface area (Å²) in [6, 6.07) is 0. The van der Waals surface area contributed by atoms with Crippen molar-refractivity contribution >= 4 is 0 Å². The van der Waals surface area contributed by atoms with E-state index in [1.54, 1.807) is 0 Å². The van der Waals surface area contributed by atoms with Crippen LogP contribution in [0.3, 0.4) is 0 Å². The summed E-state index contributed by atoms with van der Waals surface area (Å²) in [7, 11) is 0. The maximum Gasteiger partial charge on any atom is 0.347 e. The van der Waals surface area contributed by atoms with Crippen molar-refractivity contribution in [3.05, 3.63) is 27.0 Å². The number of hydrogen-bond acceptors (Lipinski definition) is 6. The van der Waals surface area contributed by atoms with E-state index in [9.17, 15) is 14.7 Å². The minimum Gasteiger partial charge on any atom is -0.394 e. The Hall–Kier alpha value is -1.51. The second kappa shape index (κ2) is 4.16. The summed E-state index contributed by atoms with van der Waals surface area (Å²) in [4.78, 5) is 24.2. The highest BCUT2D eigenvalue weighted by Gasteiger charge is 2.35. The summed E-state index contributed by atoms with van der Waals surface area (Å²) in [6.45, 7) is -0.338. The van der Waals surface area contributed by atoms with Gasteiger partial charge in [-0.05, 0) is 0 Å². The first-order valence-corrected chi connectivity index (χ1v) is 4.74. The lowest BCUT2D eigenvalue weighted by atomic mass is 10.2. The van der Waals surface area contributed by atoms with Crippen molar-refractivity contribution in [2.75, 3.05) is 6.61 Å². The Bertz CT molecular complexity index is 481. The van der Waals surface area contributed by atoms with E-state index in [0.717, 1.165) is 10.9 Å². The molecule has 3 atom stereocenters. The number of nitrogens with one attached hydrogen (secondary N) is 1. The van der Waals surface area contributed by atoms with Gasteiger partial charge in [0.15, 0.2) is 6.23 Å². The zero-order valence-electron chi connectivity index (χ0n) is 8.24. The number of H-pyrrole nitrogens is 1. The second-order valence-corrected chi connectivity index (χ2v) is 3.50. The molecular formula is C8H11N3O5. The van der Waals surface area contributed by atoms with Gasteiger partial charge in [0.1, 0.15) is 12.3 Å². The Kier molecular flexibility index (Phi) is 2.86. The van der Waals surface area contributed by atoms with Crippen LogP contribution in [0.5, 0.6) is 0 Å². The monoisotopic (exact) mass is 229 g/mol. The van der Waals surface area contributed by atoms with Crippen molar-refractivity contribution in [1.29, 1.82) is 0 Å². The molecule has 0 radical (unpaired) electrons. The summed E-state index contributed by atoms with van der Waals surface area (Å²) >= 11 is 0. The van der Waals surface area contributed by atoms with Crippen LogP contribution in [-0.4, -0.2) is 43.8 Å². The van der Waals surface area contributed by atoms with Crippen molar-refractivity contribution < 1.29 is 14.9 Å². The van der Waals surface area contributed by atoms with Crippen molar-refractivity contribution in [1.82, 2.24) is 14.8 Å². The number of aromatic amines is 1. The highest BCUT2D eigenvalue weighted by atomic mass is 16.5. The minimum atomic E-state index is -0.851. The number of aromatic nitrogens is 3. The van der Waals surface area contributed by atoms with Crippen molar-refractivity contribution in [2.45, 2.75) is 24.9 Å². The zero-order chi connectivity index (χ0) is 11.7. The fourth-order valence-electron chi connectivity index (χ4n) is 1.60. The van der Waals surface area contributed by atoms with E-state index in [0.29, 0.717) is 0 Å². The van der Waals surface area contributed by atoms with Gasteiger partial charge in [-0.2, -0.15) is 9.78 Å². The van der Waals surface area contributed by atoms with Gasteiger partial charge in [0.05, 0.1) is 12.7 Å². The SMILES string of the molecule is O=c1cnn([C@H]2C[C@H](O)[C@@H](CO)O2)c(=O)[nH]1. The van der Waals surface area contributed by atoms with Crippen molar-refractivity contribution in [3.8, 4) is 0 Å². The van der Waals surface area contributed by atoms with Gasteiger partial charge >= 0.3 is 5.69 Å². The topological polar surface area (TPSA) is 117 Å². The Morgan fingerprint density at radius 3 is 2.94 bits per heavy atom. The van der Waals surface area contributed by atoms with Crippen LogP contribution in [0.15, 0.2) is 15.8 Å². The van der Waals surface area contributed by atoms with Gasteiger partial charge in [0, 0.05) is 6.42 Å². The van der Waals surface area contributed by atoms with Gasteiger partial charge in [-0.1, -0.05) is 0 Å². The molecule has 0 unspecified atom stereocenters. The van der Waals surface area contributed by atoms with Gasteiger partial charge in [0.2, 0.25) is 0 Å². The standard InChI is InChI=1S/C8H11N3O5/c12-3-5-4(13)1-7(16-5)11-8(15)10-6(14)2-9-11/h2,4-5,7,12-13H,1,3H2,(H,10,14,15)/t4-,5+,7+/m0/s1. The van der Waals surface area contributed by atoms with Gasteiger partial charge in [-0.25, -0.2) is 4.79 Å². The number of ether oxygens (including phenoxy) is 1. The summed E-state index contributed by atoms with van der Waals surface area (Å²) in [5.41, 5.74) is -1.30. The molecular weight excluding hydrogens is 218 g/mol. The van der Waals surface area contributed by atoms with Crippen LogP contribution >= 0.6 is 0 Å². The van der Waals surface area contributed by atoms with E-state index in [4.69, 9.17) is 9.84 Å². The maximum atomic E-state index is 11.3. The van der Waals surface area contributed by atoms with Crippen LogP contribution < -0.4 is 11.2 Å². The van der Waals surface area contributed by atoms with E-state index >= 15 is 0 Å². The molecule has 8 heteroatoms. The molecule has 1 aliphatic heterocycles. The largest absolute Gasteiger partial charge is 0.394 e. The molecule has 1 aromatic heterocycles. The molecule has 0 aliphatic carbocycles. The highest BCUT2D eigenvalue weighted by molar-refractivity contribution is 4.81. The molecule has 0 saturated carbocycles. The van der Waals surface area contributed by atoms with Crippen molar-refractivity contribution in [2.24, 2.45) is 0 Å².